The second-order valence-electron chi connectivity index (χ2n) is 8.92. The fourth-order valence-corrected chi connectivity index (χ4v) is 4.68. The Balaban J connectivity index is 1.67. The Hall–Kier alpha value is -2.33. The highest BCUT2D eigenvalue weighted by atomic mass is 35.5. The second kappa shape index (κ2) is 12.3. The summed E-state index contributed by atoms with van der Waals surface area (Å²) in [4.78, 5) is 12.2. The van der Waals surface area contributed by atoms with E-state index in [4.69, 9.17) is 44.3 Å². The van der Waals surface area contributed by atoms with Crippen molar-refractivity contribution in [2.75, 3.05) is 18.3 Å². The normalized spacial score (nSPS) is 11.3. The Morgan fingerprint density at radius 3 is 2.53 bits per heavy atom. The van der Waals surface area contributed by atoms with Crippen molar-refractivity contribution in [3.05, 3.63) is 62.4 Å². The van der Waals surface area contributed by atoms with E-state index in [0.717, 1.165) is 11.1 Å². The number of nitrogens with one attached hydrogen (secondary N) is 2. The van der Waals surface area contributed by atoms with Crippen LogP contribution in [0.1, 0.15) is 37.7 Å². The van der Waals surface area contributed by atoms with Crippen molar-refractivity contribution >= 4 is 52.5 Å². The molecule has 0 radical (unpaired) electrons. The quantitative estimate of drug-likeness (QED) is 0.293. The number of methoxy groups -OCH3 is 1. The van der Waals surface area contributed by atoms with E-state index >= 15 is 0 Å². The van der Waals surface area contributed by atoms with Crippen LogP contribution in [0.4, 0.5) is 0 Å². The molecule has 3 rings (SSSR count). The number of carbonyl (C=O) groups is 1. The highest BCUT2D eigenvalue weighted by molar-refractivity contribution is 7.99. The maximum absolute atomic E-state index is 12.2. The molecular weight excluding hydrogens is 545 g/mol. The van der Waals surface area contributed by atoms with Crippen LogP contribution in [0.2, 0.25) is 15.1 Å². The summed E-state index contributed by atoms with van der Waals surface area (Å²) in [6.45, 7) is 8.24. The molecular formula is C24H28Cl3N5O3S. The van der Waals surface area contributed by atoms with Crippen LogP contribution in [0, 0.1) is 6.92 Å². The molecule has 0 saturated carbocycles. The van der Waals surface area contributed by atoms with Crippen molar-refractivity contribution in [2.24, 2.45) is 0 Å². The third kappa shape index (κ3) is 7.83. The maximum atomic E-state index is 12.2. The van der Waals surface area contributed by atoms with Gasteiger partial charge in [-0.1, -0.05) is 52.6 Å². The molecule has 0 spiro atoms. The first-order chi connectivity index (χ1) is 17.0. The molecule has 2 N–H and O–H groups in total. The molecule has 0 bridgehead atoms. The Morgan fingerprint density at radius 2 is 1.86 bits per heavy atom. The number of aromatic nitrogens is 3. The van der Waals surface area contributed by atoms with Crippen LogP contribution < -0.4 is 20.2 Å². The van der Waals surface area contributed by atoms with Crippen LogP contribution in [0.3, 0.4) is 0 Å². The van der Waals surface area contributed by atoms with Gasteiger partial charge in [0.2, 0.25) is 11.1 Å². The monoisotopic (exact) mass is 571 g/mol. The molecule has 1 aromatic heterocycles. The predicted molar refractivity (Wildman–Crippen MR) is 145 cm³/mol. The highest BCUT2D eigenvalue weighted by Gasteiger charge is 2.17. The zero-order valence-electron chi connectivity index (χ0n) is 20.6. The van der Waals surface area contributed by atoms with E-state index in [-0.39, 0.29) is 23.8 Å². The zero-order valence-corrected chi connectivity index (χ0v) is 23.7. The third-order valence-corrected chi connectivity index (χ3v) is 6.56. The Morgan fingerprint density at radius 1 is 1.11 bits per heavy atom. The van der Waals surface area contributed by atoms with E-state index in [9.17, 15) is 4.79 Å². The highest BCUT2D eigenvalue weighted by Crippen LogP contribution is 2.37. The third-order valence-electron chi connectivity index (χ3n) is 4.76. The minimum Gasteiger partial charge on any atom is -0.493 e. The number of thioether (sulfide) groups is 1. The summed E-state index contributed by atoms with van der Waals surface area (Å²) in [5.74, 6) is 1.70. The van der Waals surface area contributed by atoms with Gasteiger partial charge in [-0.3, -0.25) is 4.79 Å². The minimum atomic E-state index is -0.297. The Bertz CT molecular complexity index is 1230. The van der Waals surface area contributed by atoms with Gasteiger partial charge in [-0.15, -0.1) is 10.2 Å². The van der Waals surface area contributed by atoms with Gasteiger partial charge in [0.15, 0.2) is 11.5 Å². The molecule has 1 amide bonds. The van der Waals surface area contributed by atoms with Crippen LogP contribution >= 0.6 is 46.6 Å². The summed E-state index contributed by atoms with van der Waals surface area (Å²) >= 11 is 20.0. The summed E-state index contributed by atoms with van der Waals surface area (Å²) in [7, 11) is 1.55. The molecule has 0 atom stereocenters. The first-order valence-electron chi connectivity index (χ1n) is 11.0. The Labute approximate surface area is 230 Å². The van der Waals surface area contributed by atoms with Crippen molar-refractivity contribution in [3.8, 4) is 11.5 Å². The lowest BCUT2D eigenvalue weighted by atomic mass is 10.1. The van der Waals surface area contributed by atoms with Crippen molar-refractivity contribution in [1.29, 1.82) is 0 Å². The SMILES string of the molecule is COc1cc(CNn2c(C)nnc2SCC(=O)NC(C)(C)C)cc(Cl)c1OCc1ccc(Cl)cc1Cl. The van der Waals surface area contributed by atoms with Crippen LogP contribution in [0.15, 0.2) is 35.5 Å². The standard InChI is InChI=1S/C24H28Cl3N5O3S/c1-14-30-31-23(36-13-21(33)29-24(2,3)4)32(14)28-11-15-8-19(27)22(20(9-15)34-5)35-12-16-6-7-17(25)10-18(16)26/h6-10,28H,11-13H2,1-5H3,(H,29,33). The largest absolute Gasteiger partial charge is 0.493 e. The van der Waals surface area contributed by atoms with E-state index in [1.54, 1.807) is 36.1 Å². The van der Waals surface area contributed by atoms with Crippen molar-refractivity contribution in [3.63, 3.8) is 0 Å². The lowest BCUT2D eigenvalue weighted by molar-refractivity contribution is -0.119. The lowest BCUT2D eigenvalue weighted by Crippen LogP contribution is -2.41. The zero-order chi connectivity index (χ0) is 26.5. The first kappa shape index (κ1) is 28.2. The average molecular weight is 573 g/mol. The number of hydrogen-bond donors (Lipinski definition) is 2. The molecule has 194 valence electrons. The molecule has 0 aliphatic rings. The molecule has 0 aliphatic heterocycles. The first-order valence-corrected chi connectivity index (χ1v) is 13.1. The van der Waals surface area contributed by atoms with E-state index < -0.39 is 0 Å². The van der Waals surface area contributed by atoms with Gasteiger partial charge in [0.05, 0.1) is 24.4 Å². The van der Waals surface area contributed by atoms with Gasteiger partial charge >= 0.3 is 0 Å². The fraction of sp³-hybridized carbons (Fsp3) is 0.375. The molecule has 36 heavy (non-hydrogen) atoms. The van der Waals surface area contributed by atoms with Crippen LogP contribution in [0.5, 0.6) is 11.5 Å². The number of amides is 1. The van der Waals surface area contributed by atoms with E-state index in [0.29, 0.717) is 44.1 Å². The molecule has 0 aliphatic carbocycles. The lowest BCUT2D eigenvalue weighted by Gasteiger charge is -2.20. The number of nitrogens with zero attached hydrogens (tertiary/aromatic N) is 3. The summed E-state index contributed by atoms with van der Waals surface area (Å²) < 4.78 is 13.2. The summed E-state index contributed by atoms with van der Waals surface area (Å²) in [5.41, 5.74) is 4.60. The van der Waals surface area contributed by atoms with Gasteiger partial charge in [-0.05, 0) is 57.5 Å². The molecule has 3 aromatic rings. The van der Waals surface area contributed by atoms with Gasteiger partial charge in [-0.25, -0.2) is 4.68 Å². The molecule has 0 saturated heterocycles. The summed E-state index contributed by atoms with van der Waals surface area (Å²) in [6, 6.07) is 8.83. The van der Waals surface area contributed by atoms with Gasteiger partial charge in [0, 0.05) is 21.1 Å². The number of halogens is 3. The van der Waals surface area contributed by atoms with Gasteiger partial charge in [-0.2, -0.15) is 0 Å². The number of rotatable bonds is 10. The molecule has 0 unspecified atom stereocenters. The van der Waals surface area contributed by atoms with Gasteiger partial charge in [0.25, 0.3) is 0 Å². The fourth-order valence-electron chi connectivity index (χ4n) is 3.18. The number of hydrogen-bond acceptors (Lipinski definition) is 7. The van der Waals surface area contributed by atoms with Crippen molar-refractivity contribution in [1.82, 2.24) is 20.2 Å². The maximum Gasteiger partial charge on any atom is 0.230 e. The topological polar surface area (TPSA) is 90.3 Å². The number of aryl methyl sites for hydroxylation is 1. The summed E-state index contributed by atoms with van der Waals surface area (Å²) in [5, 5.41) is 13.3. The molecule has 8 nitrogen and oxygen atoms in total. The number of carbonyl (C=O) groups excluding carboxylic acids is 1. The average Bonchev–Trinajstić information content (AvgIpc) is 3.14. The molecule has 2 aromatic carbocycles. The van der Waals surface area contributed by atoms with Crippen LogP contribution in [-0.4, -0.2) is 39.2 Å². The van der Waals surface area contributed by atoms with E-state index in [1.807, 2.05) is 33.8 Å². The summed E-state index contributed by atoms with van der Waals surface area (Å²) in [6.07, 6.45) is 0. The second-order valence-corrected chi connectivity index (χ2v) is 11.1. The predicted octanol–water partition coefficient (Wildman–Crippen LogP) is 5.88. The van der Waals surface area contributed by atoms with Gasteiger partial charge < -0.3 is 20.2 Å². The van der Waals surface area contributed by atoms with E-state index in [1.165, 1.54) is 11.8 Å². The molecule has 1 heterocycles. The van der Waals surface area contributed by atoms with Crippen molar-refractivity contribution < 1.29 is 14.3 Å². The molecule has 0 fully saturated rings. The van der Waals surface area contributed by atoms with Gasteiger partial charge in [0.1, 0.15) is 12.4 Å². The van der Waals surface area contributed by atoms with E-state index in [2.05, 4.69) is 20.9 Å². The minimum absolute atomic E-state index is 0.0771. The Kier molecular flexibility index (Phi) is 9.63. The molecule has 12 heteroatoms. The smallest absolute Gasteiger partial charge is 0.230 e. The van der Waals surface area contributed by atoms with Crippen molar-refractivity contribution in [2.45, 2.75) is 51.5 Å². The van der Waals surface area contributed by atoms with Crippen LogP contribution in [-0.2, 0) is 17.9 Å². The number of benzene rings is 2. The number of ether oxygens (including phenoxy) is 2. The van der Waals surface area contributed by atoms with Crippen LogP contribution in [0.25, 0.3) is 0 Å².